The van der Waals surface area contributed by atoms with Crippen molar-refractivity contribution in [1.29, 1.82) is 0 Å². The lowest BCUT2D eigenvalue weighted by Gasteiger charge is -2.21. The van der Waals surface area contributed by atoms with Gasteiger partial charge in [0.25, 0.3) is 0 Å². The fourth-order valence-electron chi connectivity index (χ4n) is 3.12. The predicted molar refractivity (Wildman–Crippen MR) is 87.8 cm³/mol. The zero-order chi connectivity index (χ0) is 15.3. The van der Waals surface area contributed by atoms with Crippen molar-refractivity contribution >= 4 is 34.0 Å². The summed E-state index contributed by atoms with van der Waals surface area (Å²) in [4.78, 5) is 10.9. The Morgan fingerprint density at radius 3 is 2.95 bits per heavy atom. The highest BCUT2D eigenvalue weighted by atomic mass is 35.5. The molecule has 0 radical (unpaired) electrons. The minimum Gasteiger partial charge on any atom is -0.329 e. The van der Waals surface area contributed by atoms with Gasteiger partial charge in [-0.2, -0.15) is 10.1 Å². The number of benzene rings is 1. The van der Waals surface area contributed by atoms with E-state index >= 15 is 0 Å². The summed E-state index contributed by atoms with van der Waals surface area (Å²) in [6.07, 6.45) is 5.12. The van der Waals surface area contributed by atoms with Crippen molar-refractivity contribution in [1.82, 2.24) is 19.7 Å². The number of hydrogen-bond donors (Lipinski definition) is 0. The van der Waals surface area contributed by atoms with Gasteiger partial charge in [-0.1, -0.05) is 0 Å². The second-order valence-electron chi connectivity index (χ2n) is 5.70. The molecule has 0 saturated carbocycles. The number of halogens is 1. The van der Waals surface area contributed by atoms with Crippen molar-refractivity contribution in [3.05, 3.63) is 40.9 Å². The molecule has 0 fully saturated rings. The molecule has 0 amide bonds. The highest BCUT2D eigenvalue weighted by Crippen LogP contribution is 2.33. The smallest absolute Gasteiger partial charge is 0.224 e. The summed E-state index contributed by atoms with van der Waals surface area (Å²) in [5, 5.41) is 5.92. The number of anilines is 2. The van der Waals surface area contributed by atoms with Crippen LogP contribution in [0.5, 0.6) is 0 Å². The normalized spacial score (nSPS) is 13.6. The van der Waals surface area contributed by atoms with Gasteiger partial charge in [-0.05, 0) is 49.1 Å². The van der Waals surface area contributed by atoms with Gasteiger partial charge in [0.1, 0.15) is 5.82 Å². The first-order chi connectivity index (χ1) is 10.6. The monoisotopic (exact) mass is 313 g/mol. The van der Waals surface area contributed by atoms with Gasteiger partial charge in [0, 0.05) is 36.9 Å². The maximum Gasteiger partial charge on any atom is 0.224 e. The van der Waals surface area contributed by atoms with Crippen LogP contribution in [0.3, 0.4) is 0 Å². The number of rotatable bonds is 2. The highest BCUT2D eigenvalue weighted by Gasteiger charge is 2.22. The topological polar surface area (TPSA) is 46.8 Å². The summed E-state index contributed by atoms with van der Waals surface area (Å²) >= 11 is 6.09. The van der Waals surface area contributed by atoms with Gasteiger partial charge >= 0.3 is 0 Å². The van der Waals surface area contributed by atoms with Gasteiger partial charge in [0.15, 0.2) is 0 Å². The van der Waals surface area contributed by atoms with Crippen LogP contribution in [-0.2, 0) is 19.9 Å². The third kappa shape index (κ3) is 2.13. The van der Waals surface area contributed by atoms with Crippen LogP contribution in [0.4, 0.5) is 11.5 Å². The Hall–Kier alpha value is -2.14. The van der Waals surface area contributed by atoms with Crippen LogP contribution in [0.15, 0.2) is 24.4 Å². The second-order valence-corrected chi connectivity index (χ2v) is 6.04. The van der Waals surface area contributed by atoms with Crippen LogP contribution in [0.2, 0.25) is 5.28 Å². The van der Waals surface area contributed by atoms with E-state index in [0.717, 1.165) is 47.4 Å². The molecule has 2 heterocycles. The average Bonchev–Trinajstić information content (AvgIpc) is 3.09. The first kappa shape index (κ1) is 13.5. The van der Waals surface area contributed by atoms with E-state index in [4.69, 9.17) is 11.6 Å². The summed E-state index contributed by atoms with van der Waals surface area (Å²) in [6, 6.07) is 6.24. The van der Waals surface area contributed by atoms with Crippen LogP contribution in [-0.4, -0.2) is 26.8 Å². The third-order valence-electron chi connectivity index (χ3n) is 4.19. The zero-order valence-electron chi connectivity index (χ0n) is 12.5. The van der Waals surface area contributed by atoms with Crippen LogP contribution >= 0.6 is 11.6 Å². The molecule has 0 atom stereocenters. The molecule has 1 aromatic carbocycles. The molecule has 6 heteroatoms. The quantitative estimate of drug-likeness (QED) is 0.681. The molecule has 4 rings (SSSR count). The highest BCUT2D eigenvalue weighted by molar-refractivity contribution is 6.28. The van der Waals surface area contributed by atoms with E-state index in [1.807, 2.05) is 25.0 Å². The average molecular weight is 314 g/mol. The number of fused-ring (bicyclic) bond motifs is 2. The van der Waals surface area contributed by atoms with Crippen LogP contribution in [0.1, 0.15) is 17.7 Å². The molecule has 0 saturated heterocycles. The summed E-state index contributed by atoms with van der Waals surface area (Å²) in [5.74, 6) is 0.905. The minimum absolute atomic E-state index is 0.321. The largest absolute Gasteiger partial charge is 0.329 e. The Balaban J connectivity index is 1.81. The van der Waals surface area contributed by atoms with E-state index in [2.05, 4.69) is 38.2 Å². The van der Waals surface area contributed by atoms with Gasteiger partial charge in [-0.15, -0.1) is 0 Å². The molecule has 0 N–H and O–H groups in total. The van der Waals surface area contributed by atoms with Crippen molar-refractivity contribution in [3.8, 4) is 0 Å². The standard InChI is InChI=1S/C16H16ClN5/c1-21-9-10-6-7-11(8-14(10)20-21)22(2)15-12-4-3-5-13(12)18-16(17)19-15/h6-9H,3-5H2,1-2H3. The summed E-state index contributed by atoms with van der Waals surface area (Å²) in [7, 11) is 3.95. The van der Waals surface area contributed by atoms with Crippen molar-refractivity contribution in [3.63, 3.8) is 0 Å². The van der Waals surface area contributed by atoms with Gasteiger partial charge in [0.2, 0.25) is 5.28 Å². The van der Waals surface area contributed by atoms with Crippen molar-refractivity contribution in [2.75, 3.05) is 11.9 Å². The van der Waals surface area contributed by atoms with E-state index in [1.165, 1.54) is 5.56 Å². The Kier molecular flexibility index (Phi) is 3.04. The van der Waals surface area contributed by atoms with Crippen LogP contribution in [0, 0.1) is 0 Å². The lowest BCUT2D eigenvalue weighted by atomic mass is 10.2. The molecule has 0 bridgehead atoms. The van der Waals surface area contributed by atoms with Gasteiger partial charge < -0.3 is 4.90 Å². The molecule has 5 nitrogen and oxygen atoms in total. The molecule has 1 aliphatic carbocycles. The first-order valence-electron chi connectivity index (χ1n) is 7.34. The Morgan fingerprint density at radius 2 is 2.09 bits per heavy atom. The number of hydrogen-bond acceptors (Lipinski definition) is 4. The second kappa shape index (κ2) is 4.95. The van der Waals surface area contributed by atoms with Crippen LogP contribution < -0.4 is 4.90 Å². The molecule has 1 aliphatic rings. The maximum atomic E-state index is 6.09. The molecule has 0 unspecified atom stereocenters. The van der Waals surface area contributed by atoms with Gasteiger partial charge in [0.05, 0.1) is 11.2 Å². The minimum atomic E-state index is 0.321. The molecule has 0 aliphatic heterocycles. The molecular weight excluding hydrogens is 298 g/mol. The Morgan fingerprint density at radius 1 is 1.23 bits per heavy atom. The van der Waals surface area contributed by atoms with E-state index in [1.54, 1.807) is 0 Å². The van der Waals surface area contributed by atoms with Crippen LogP contribution in [0.25, 0.3) is 10.9 Å². The zero-order valence-corrected chi connectivity index (χ0v) is 13.3. The van der Waals surface area contributed by atoms with Gasteiger partial charge in [-0.25, -0.2) is 4.98 Å². The molecule has 112 valence electrons. The van der Waals surface area contributed by atoms with E-state index in [0.29, 0.717) is 5.28 Å². The third-order valence-corrected chi connectivity index (χ3v) is 4.36. The molecule has 0 spiro atoms. The SMILES string of the molecule is CN(c1ccc2cn(C)nc2c1)c1nc(Cl)nc2c1CCC2. The first-order valence-corrected chi connectivity index (χ1v) is 7.72. The summed E-state index contributed by atoms with van der Waals surface area (Å²) in [5.41, 5.74) is 4.33. The molecule has 22 heavy (non-hydrogen) atoms. The molecular formula is C16H16ClN5. The maximum absolute atomic E-state index is 6.09. The molecule has 3 aromatic rings. The van der Waals surface area contributed by atoms with Crippen molar-refractivity contribution in [2.45, 2.75) is 19.3 Å². The van der Waals surface area contributed by atoms with Crippen molar-refractivity contribution in [2.24, 2.45) is 7.05 Å². The number of nitrogens with zero attached hydrogens (tertiary/aromatic N) is 5. The molecule has 2 aromatic heterocycles. The van der Waals surface area contributed by atoms with E-state index in [-0.39, 0.29) is 0 Å². The number of aromatic nitrogens is 4. The fraction of sp³-hybridized carbons (Fsp3) is 0.312. The van der Waals surface area contributed by atoms with Crippen molar-refractivity contribution < 1.29 is 0 Å². The Bertz CT molecular complexity index is 870. The Labute approximate surface area is 133 Å². The lowest BCUT2D eigenvalue weighted by Crippen LogP contribution is -2.14. The van der Waals surface area contributed by atoms with Gasteiger partial charge in [-0.3, -0.25) is 4.68 Å². The summed E-state index contributed by atoms with van der Waals surface area (Å²) < 4.78 is 1.83. The summed E-state index contributed by atoms with van der Waals surface area (Å²) in [6.45, 7) is 0. The number of aryl methyl sites for hydroxylation is 2. The lowest BCUT2D eigenvalue weighted by molar-refractivity contribution is 0.779. The predicted octanol–water partition coefficient (Wildman–Crippen LogP) is 3.27. The van der Waals surface area contributed by atoms with E-state index in [9.17, 15) is 0 Å². The fourth-order valence-corrected chi connectivity index (χ4v) is 3.30. The van der Waals surface area contributed by atoms with E-state index < -0.39 is 0 Å².